The van der Waals surface area contributed by atoms with Gasteiger partial charge in [-0.2, -0.15) is 18.7 Å². The monoisotopic (exact) mass is 472 g/mol. The molecule has 34 heavy (non-hydrogen) atoms. The molecule has 1 N–H and O–H groups in total. The molecule has 0 bridgehead atoms. The van der Waals surface area contributed by atoms with Gasteiger partial charge in [-0.05, 0) is 37.8 Å². The molecule has 0 spiro atoms. The molecular formula is C23H26F2N6O3. The van der Waals surface area contributed by atoms with Gasteiger partial charge in [-0.1, -0.05) is 0 Å². The number of anilines is 2. The molecular weight excluding hydrogens is 446 g/mol. The van der Waals surface area contributed by atoms with Gasteiger partial charge in [-0.15, -0.1) is 0 Å². The van der Waals surface area contributed by atoms with Crippen LogP contribution in [0.3, 0.4) is 0 Å². The van der Waals surface area contributed by atoms with Crippen LogP contribution < -0.4 is 19.7 Å². The Labute approximate surface area is 195 Å². The van der Waals surface area contributed by atoms with E-state index in [0.717, 1.165) is 55.5 Å². The van der Waals surface area contributed by atoms with E-state index in [9.17, 15) is 8.78 Å². The maximum absolute atomic E-state index is 12.4. The third-order valence-electron chi connectivity index (χ3n) is 6.01. The molecule has 180 valence electrons. The number of hydrogen-bond donors (Lipinski definition) is 1. The maximum Gasteiger partial charge on any atom is 0.388 e. The number of ether oxygens (including phenoxy) is 3. The smallest absolute Gasteiger partial charge is 0.388 e. The zero-order valence-electron chi connectivity index (χ0n) is 18.6. The average molecular weight is 472 g/mol. The molecule has 1 aliphatic heterocycles. The fourth-order valence-corrected chi connectivity index (χ4v) is 4.31. The lowest BCUT2D eigenvalue weighted by Gasteiger charge is -2.31. The molecule has 1 saturated heterocycles. The first-order chi connectivity index (χ1) is 16.6. The van der Waals surface area contributed by atoms with Gasteiger partial charge >= 0.3 is 6.61 Å². The molecule has 5 rings (SSSR count). The van der Waals surface area contributed by atoms with Gasteiger partial charge < -0.3 is 24.4 Å². The van der Waals surface area contributed by atoms with E-state index in [-0.39, 0.29) is 24.0 Å². The van der Waals surface area contributed by atoms with Crippen molar-refractivity contribution in [1.82, 2.24) is 19.9 Å². The van der Waals surface area contributed by atoms with Crippen molar-refractivity contribution in [2.75, 3.05) is 36.5 Å². The predicted octanol–water partition coefficient (Wildman–Crippen LogP) is 3.66. The SMILES string of the molecule is FC(F)Oc1ccnc(NC2CCC(Oc3nc(N4CCOCC4)cc4ncccc34)CC2)n1. The van der Waals surface area contributed by atoms with Gasteiger partial charge in [0.25, 0.3) is 0 Å². The number of hydrogen-bond acceptors (Lipinski definition) is 9. The number of pyridine rings is 2. The van der Waals surface area contributed by atoms with Crippen molar-refractivity contribution in [3.8, 4) is 11.8 Å². The standard InChI is InChI=1S/C23H26F2N6O3/c24-22(25)34-20-7-9-27-23(30-20)28-15-3-5-16(6-4-15)33-21-17-2-1-8-26-18(17)14-19(29-21)31-10-12-32-13-11-31/h1-2,7-9,14-16,22H,3-6,10-13H2,(H,27,28,30). The third-order valence-corrected chi connectivity index (χ3v) is 6.01. The lowest BCUT2D eigenvalue weighted by molar-refractivity contribution is -0.0528. The minimum atomic E-state index is -2.92. The zero-order valence-corrected chi connectivity index (χ0v) is 18.6. The largest absolute Gasteiger partial charge is 0.474 e. The molecule has 3 aromatic heterocycles. The first-order valence-corrected chi connectivity index (χ1v) is 11.4. The van der Waals surface area contributed by atoms with Gasteiger partial charge in [0.2, 0.25) is 17.7 Å². The number of alkyl halides is 2. The number of halogens is 2. The van der Waals surface area contributed by atoms with Crippen LogP contribution in [-0.2, 0) is 4.74 Å². The quantitative estimate of drug-likeness (QED) is 0.553. The van der Waals surface area contributed by atoms with Gasteiger partial charge in [0, 0.05) is 43.7 Å². The molecule has 4 heterocycles. The van der Waals surface area contributed by atoms with Crippen LogP contribution in [0, 0.1) is 0 Å². The van der Waals surface area contributed by atoms with Crippen molar-refractivity contribution in [2.45, 2.75) is 44.4 Å². The minimum Gasteiger partial charge on any atom is -0.474 e. The van der Waals surface area contributed by atoms with E-state index < -0.39 is 6.61 Å². The Balaban J connectivity index is 1.23. The summed E-state index contributed by atoms with van der Waals surface area (Å²) in [6.45, 7) is 0.00356. The van der Waals surface area contributed by atoms with E-state index in [1.165, 1.54) is 12.3 Å². The number of fused-ring (bicyclic) bond motifs is 1. The Morgan fingerprint density at radius 2 is 1.85 bits per heavy atom. The summed E-state index contributed by atoms with van der Waals surface area (Å²) in [7, 11) is 0. The molecule has 2 fully saturated rings. The fourth-order valence-electron chi connectivity index (χ4n) is 4.31. The molecule has 1 aliphatic carbocycles. The molecule has 0 amide bonds. The third kappa shape index (κ3) is 5.41. The van der Waals surface area contributed by atoms with E-state index in [4.69, 9.17) is 14.5 Å². The lowest BCUT2D eigenvalue weighted by atomic mass is 9.93. The first kappa shape index (κ1) is 22.5. The van der Waals surface area contributed by atoms with E-state index in [1.54, 1.807) is 6.20 Å². The molecule has 9 nitrogen and oxygen atoms in total. The zero-order chi connectivity index (χ0) is 23.3. The highest BCUT2D eigenvalue weighted by Crippen LogP contribution is 2.31. The van der Waals surface area contributed by atoms with Crippen LogP contribution in [0.5, 0.6) is 11.8 Å². The summed E-state index contributed by atoms with van der Waals surface area (Å²) in [6.07, 6.45) is 6.47. The molecule has 1 saturated carbocycles. The van der Waals surface area contributed by atoms with Crippen molar-refractivity contribution in [3.05, 3.63) is 36.7 Å². The van der Waals surface area contributed by atoms with Gasteiger partial charge in [0.1, 0.15) is 11.9 Å². The normalized spacial score (nSPS) is 21.0. The van der Waals surface area contributed by atoms with Crippen LogP contribution in [0.25, 0.3) is 10.9 Å². The van der Waals surface area contributed by atoms with Crippen LogP contribution in [0.4, 0.5) is 20.5 Å². The predicted molar refractivity (Wildman–Crippen MR) is 122 cm³/mol. The summed E-state index contributed by atoms with van der Waals surface area (Å²) in [5, 5.41) is 4.11. The van der Waals surface area contributed by atoms with Crippen LogP contribution in [0.15, 0.2) is 36.7 Å². The summed E-state index contributed by atoms with van der Waals surface area (Å²) in [6, 6.07) is 7.29. The van der Waals surface area contributed by atoms with Crippen molar-refractivity contribution in [1.29, 1.82) is 0 Å². The Hall–Kier alpha value is -3.34. The Morgan fingerprint density at radius 1 is 1.03 bits per heavy atom. The highest BCUT2D eigenvalue weighted by atomic mass is 19.3. The van der Waals surface area contributed by atoms with Crippen molar-refractivity contribution in [2.24, 2.45) is 0 Å². The van der Waals surface area contributed by atoms with Crippen molar-refractivity contribution in [3.63, 3.8) is 0 Å². The van der Waals surface area contributed by atoms with Gasteiger partial charge in [0.15, 0.2) is 0 Å². The molecule has 0 unspecified atom stereocenters. The molecule has 0 radical (unpaired) electrons. The summed E-state index contributed by atoms with van der Waals surface area (Å²) in [5.74, 6) is 1.57. The number of aromatic nitrogens is 4. The average Bonchev–Trinajstić information content (AvgIpc) is 2.85. The molecule has 0 atom stereocenters. The lowest BCUT2D eigenvalue weighted by Crippen LogP contribution is -2.37. The fraction of sp³-hybridized carbons (Fsp3) is 0.478. The van der Waals surface area contributed by atoms with E-state index >= 15 is 0 Å². The maximum atomic E-state index is 12.4. The summed E-state index contributed by atoms with van der Waals surface area (Å²) >= 11 is 0. The summed E-state index contributed by atoms with van der Waals surface area (Å²) in [5.41, 5.74) is 0.854. The van der Waals surface area contributed by atoms with Crippen molar-refractivity contribution >= 4 is 22.7 Å². The van der Waals surface area contributed by atoms with Crippen LogP contribution in [0.2, 0.25) is 0 Å². The molecule has 3 aromatic rings. The van der Waals surface area contributed by atoms with Crippen molar-refractivity contribution < 1.29 is 23.0 Å². The van der Waals surface area contributed by atoms with Gasteiger partial charge in [-0.3, -0.25) is 4.98 Å². The highest BCUT2D eigenvalue weighted by Gasteiger charge is 2.25. The first-order valence-electron chi connectivity index (χ1n) is 11.4. The summed E-state index contributed by atoms with van der Waals surface area (Å²) in [4.78, 5) is 19.6. The van der Waals surface area contributed by atoms with Gasteiger partial charge in [-0.25, -0.2) is 4.98 Å². The number of morpholine rings is 1. The Kier molecular flexibility index (Phi) is 6.79. The second-order valence-electron chi connectivity index (χ2n) is 8.29. The van der Waals surface area contributed by atoms with Crippen LogP contribution >= 0.6 is 0 Å². The number of nitrogens with one attached hydrogen (secondary N) is 1. The summed E-state index contributed by atoms with van der Waals surface area (Å²) < 4.78 is 41.1. The van der Waals surface area contributed by atoms with E-state index in [2.05, 4.69) is 29.9 Å². The van der Waals surface area contributed by atoms with Crippen LogP contribution in [-0.4, -0.2) is 65.0 Å². The number of nitrogens with zero attached hydrogens (tertiary/aromatic N) is 5. The molecule has 2 aliphatic rings. The molecule has 11 heteroatoms. The van der Waals surface area contributed by atoms with Gasteiger partial charge in [0.05, 0.1) is 24.1 Å². The van der Waals surface area contributed by atoms with E-state index in [1.807, 2.05) is 18.2 Å². The second-order valence-corrected chi connectivity index (χ2v) is 8.29. The van der Waals surface area contributed by atoms with E-state index in [0.29, 0.717) is 19.1 Å². The minimum absolute atomic E-state index is 0.0170. The van der Waals surface area contributed by atoms with Crippen LogP contribution in [0.1, 0.15) is 25.7 Å². The number of rotatable bonds is 7. The Morgan fingerprint density at radius 3 is 2.65 bits per heavy atom. The Bertz CT molecular complexity index is 1110. The molecule has 0 aromatic carbocycles. The second kappa shape index (κ2) is 10.3. The highest BCUT2D eigenvalue weighted by molar-refractivity contribution is 5.85. The topological polar surface area (TPSA) is 94.5 Å².